The van der Waals surface area contributed by atoms with Crippen molar-refractivity contribution < 1.29 is 0 Å². The van der Waals surface area contributed by atoms with Crippen molar-refractivity contribution in [1.29, 1.82) is 0 Å². The molecule has 5 heteroatoms. The molecule has 0 radical (unpaired) electrons. The van der Waals surface area contributed by atoms with Crippen LogP contribution in [0.5, 0.6) is 0 Å². The fourth-order valence-corrected chi connectivity index (χ4v) is 2.55. The van der Waals surface area contributed by atoms with Gasteiger partial charge in [0.15, 0.2) is 0 Å². The van der Waals surface area contributed by atoms with Crippen LogP contribution in [0.4, 0.5) is 0 Å². The zero-order chi connectivity index (χ0) is 11.5. The molecule has 86 valence electrons. The number of nitrogens with one attached hydrogen (secondary N) is 1. The lowest BCUT2D eigenvalue weighted by Crippen LogP contribution is -2.23. The number of nitrogens with zero attached hydrogens (tertiary/aromatic N) is 3. The molecule has 2 aromatic heterocycles. The number of aromatic nitrogens is 3. The summed E-state index contributed by atoms with van der Waals surface area (Å²) < 4.78 is 2.04. The summed E-state index contributed by atoms with van der Waals surface area (Å²) in [5, 5.41) is 4.53. The zero-order valence-electron chi connectivity index (χ0n) is 9.77. The molecule has 1 atom stereocenters. The van der Waals surface area contributed by atoms with Gasteiger partial charge in [-0.15, -0.1) is 11.3 Å². The fourth-order valence-electron chi connectivity index (χ4n) is 1.69. The molecule has 2 aromatic rings. The summed E-state index contributed by atoms with van der Waals surface area (Å²) in [6, 6.07) is 0.149. The molecule has 0 fully saturated rings. The van der Waals surface area contributed by atoms with Crippen molar-refractivity contribution in [2.75, 3.05) is 6.54 Å². The van der Waals surface area contributed by atoms with Crippen molar-refractivity contribution in [3.63, 3.8) is 0 Å². The Balaban J connectivity index is 2.34. The van der Waals surface area contributed by atoms with E-state index < -0.39 is 0 Å². The average Bonchev–Trinajstić information content (AvgIpc) is 2.84. The molecule has 0 spiro atoms. The topological polar surface area (TPSA) is 42.7 Å². The van der Waals surface area contributed by atoms with Gasteiger partial charge in [0, 0.05) is 30.5 Å². The molecule has 1 unspecified atom stereocenters. The van der Waals surface area contributed by atoms with Crippen LogP contribution in [0.1, 0.15) is 28.7 Å². The van der Waals surface area contributed by atoms with Crippen molar-refractivity contribution in [3.8, 4) is 0 Å². The fraction of sp³-hybridized carbons (Fsp3) is 0.455. The maximum atomic E-state index is 4.40. The van der Waals surface area contributed by atoms with Crippen LogP contribution in [0.2, 0.25) is 0 Å². The minimum Gasteiger partial charge on any atom is -0.336 e. The van der Waals surface area contributed by atoms with Crippen molar-refractivity contribution in [3.05, 3.63) is 34.3 Å². The van der Waals surface area contributed by atoms with E-state index in [-0.39, 0.29) is 6.04 Å². The highest BCUT2D eigenvalue weighted by molar-refractivity contribution is 7.11. The van der Waals surface area contributed by atoms with Crippen molar-refractivity contribution in [1.82, 2.24) is 19.9 Å². The first-order valence-corrected chi connectivity index (χ1v) is 6.17. The Labute approximate surface area is 99.4 Å². The Bertz CT molecular complexity index is 460. The number of thiazole rings is 1. The van der Waals surface area contributed by atoms with Gasteiger partial charge in [-0.1, -0.05) is 6.92 Å². The highest BCUT2D eigenvalue weighted by Crippen LogP contribution is 2.25. The molecule has 0 bridgehead atoms. The Kier molecular flexibility index (Phi) is 3.36. The number of rotatable bonds is 4. The summed E-state index contributed by atoms with van der Waals surface area (Å²) in [7, 11) is 2.01. The van der Waals surface area contributed by atoms with Gasteiger partial charge in [0.25, 0.3) is 0 Å². The molecular formula is C11H16N4S. The lowest BCUT2D eigenvalue weighted by atomic mass is 10.2. The van der Waals surface area contributed by atoms with Gasteiger partial charge in [-0.3, -0.25) is 0 Å². The molecule has 1 N–H and O–H groups in total. The molecular weight excluding hydrogens is 220 g/mol. The monoisotopic (exact) mass is 236 g/mol. The number of aryl methyl sites for hydroxylation is 2. The molecule has 2 rings (SSSR count). The zero-order valence-corrected chi connectivity index (χ0v) is 10.6. The molecule has 0 saturated carbocycles. The highest BCUT2D eigenvalue weighted by Gasteiger charge is 2.19. The van der Waals surface area contributed by atoms with Gasteiger partial charge in [0.1, 0.15) is 11.9 Å². The van der Waals surface area contributed by atoms with Crippen LogP contribution in [0.3, 0.4) is 0 Å². The molecule has 0 aliphatic heterocycles. The van der Waals surface area contributed by atoms with Crippen molar-refractivity contribution in [2.24, 2.45) is 7.05 Å². The number of imidazole rings is 1. The van der Waals surface area contributed by atoms with E-state index in [1.54, 1.807) is 11.3 Å². The number of hydrogen-bond acceptors (Lipinski definition) is 4. The van der Waals surface area contributed by atoms with Gasteiger partial charge in [-0.2, -0.15) is 0 Å². The summed E-state index contributed by atoms with van der Waals surface area (Å²) in [5.41, 5.74) is 0. The lowest BCUT2D eigenvalue weighted by molar-refractivity contribution is 0.584. The summed E-state index contributed by atoms with van der Waals surface area (Å²) in [6.45, 7) is 5.04. The minimum atomic E-state index is 0.149. The average molecular weight is 236 g/mol. The molecule has 2 heterocycles. The summed E-state index contributed by atoms with van der Waals surface area (Å²) in [5.74, 6) is 1.03. The van der Waals surface area contributed by atoms with E-state index in [1.165, 1.54) is 4.88 Å². The third-order valence-electron chi connectivity index (χ3n) is 2.45. The van der Waals surface area contributed by atoms with Crippen LogP contribution in [0.25, 0.3) is 0 Å². The Hall–Kier alpha value is -1.20. The smallest absolute Gasteiger partial charge is 0.131 e. The van der Waals surface area contributed by atoms with E-state index in [2.05, 4.69) is 22.2 Å². The van der Waals surface area contributed by atoms with E-state index in [9.17, 15) is 0 Å². The summed E-state index contributed by atoms with van der Waals surface area (Å²) in [6.07, 6.45) is 5.73. The summed E-state index contributed by atoms with van der Waals surface area (Å²) in [4.78, 5) is 9.92. The molecule has 0 saturated heterocycles. The largest absolute Gasteiger partial charge is 0.336 e. The van der Waals surface area contributed by atoms with Crippen LogP contribution >= 0.6 is 11.3 Å². The van der Waals surface area contributed by atoms with Crippen LogP contribution < -0.4 is 5.32 Å². The maximum Gasteiger partial charge on any atom is 0.131 e. The lowest BCUT2D eigenvalue weighted by Gasteiger charge is -2.15. The molecule has 0 aliphatic carbocycles. The Morgan fingerprint density at radius 2 is 2.31 bits per heavy atom. The van der Waals surface area contributed by atoms with Crippen LogP contribution in [-0.2, 0) is 7.05 Å². The molecule has 16 heavy (non-hydrogen) atoms. The summed E-state index contributed by atoms with van der Waals surface area (Å²) >= 11 is 1.72. The van der Waals surface area contributed by atoms with Gasteiger partial charge < -0.3 is 9.88 Å². The van der Waals surface area contributed by atoms with E-state index in [1.807, 2.05) is 37.1 Å². The molecule has 0 aromatic carbocycles. The van der Waals surface area contributed by atoms with Crippen molar-refractivity contribution >= 4 is 11.3 Å². The second kappa shape index (κ2) is 4.76. The first kappa shape index (κ1) is 11.3. The standard InChI is InChI=1S/C11H16N4S/c1-4-12-10(9-7-14-8(2)16-9)11-13-5-6-15(11)3/h5-7,10,12H,4H2,1-3H3. The van der Waals surface area contributed by atoms with Gasteiger partial charge in [0.05, 0.1) is 5.01 Å². The Morgan fingerprint density at radius 3 is 2.81 bits per heavy atom. The third-order valence-corrected chi connectivity index (χ3v) is 3.43. The minimum absolute atomic E-state index is 0.149. The van der Waals surface area contributed by atoms with Gasteiger partial charge in [0.2, 0.25) is 0 Å². The predicted molar refractivity (Wildman–Crippen MR) is 65.6 cm³/mol. The highest BCUT2D eigenvalue weighted by atomic mass is 32.1. The van der Waals surface area contributed by atoms with Crippen LogP contribution in [-0.4, -0.2) is 21.1 Å². The van der Waals surface area contributed by atoms with E-state index in [4.69, 9.17) is 0 Å². The van der Waals surface area contributed by atoms with Gasteiger partial charge in [-0.05, 0) is 13.5 Å². The first-order chi connectivity index (χ1) is 7.72. The van der Waals surface area contributed by atoms with Gasteiger partial charge >= 0.3 is 0 Å². The molecule has 4 nitrogen and oxygen atoms in total. The second-order valence-electron chi connectivity index (χ2n) is 3.67. The second-order valence-corrected chi connectivity index (χ2v) is 4.94. The van der Waals surface area contributed by atoms with E-state index >= 15 is 0 Å². The van der Waals surface area contributed by atoms with E-state index in [0.717, 1.165) is 17.4 Å². The van der Waals surface area contributed by atoms with Gasteiger partial charge in [-0.25, -0.2) is 9.97 Å². The first-order valence-electron chi connectivity index (χ1n) is 5.35. The molecule has 0 amide bonds. The normalized spacial score (nSPS) is 12.9. The quantitative estimate of drug-likeness (QED) is 0.881. The molecule has 0 aliphatic rings. The number of hydrogen-bond donors (Lipinski definition) is 1. The van der Waals surface area contributed by atoms with Crippen molar-refractivity contribution in [2.45, 2.75) is 19.9 Å². The SMILES string of the molecule is CCNC(c1cnc(C)s1)c1nccn1C. The van der Waals surface area contributed by atoms with E-state index in [0.29, 0.717) is 0 Å². The van der Waals surface area contributed by atoms with Crippen LogP contribution in [0, 0.1) is 6.92 Å². The predicted octanol–water partition coefficient (Wildman–Crippen LogP) is 1.88. The Morgan fingerprint density at radius 1 is 1.50 bits per heavy atom. The third kappa shape index (κ3) is 2.15. The van der Waals surface area contributed by atoms with Crippen LogP contribution in [0.15, 0.2) is 18.6 Å². The maximum absolute atomic E-state index is 4.40.